The molecule has 0 atom stereocenters. The van der Waals surface area contributed by atoms with Gasteiger partial charge in [0.15, 0.2) is 0 Å². The molecule has 1 aromatic carbocycles. The van der Waals surface area contributed by atoms with E-state index in [1.165, 1.54) is 0 Å². The maximum atomic E-state index is 11.6. The monoisotopic (exact) mass is 262 g/mol. The number of hydrogen-bond acceptors (Lipinski definition) is 4. The first-order valence-corrected chi connectivity index (χ1v) is 5.73. The van der Waals surface area contributed by atoms with E-state index in [1.54, 1.807) is 6.92 Å². The maximum Gasteiger partial charge on any atom is 0.443 e. The van der Waals surface area contributed by atoms with Crippen molar-refractivity contribution in [3.63, 3.8) is 0 Å². The van der Waals surface area contributed by atoms with Gasteiger partial charge < -0.3 is 15.0 Å². The molecule has 0 N–H and O–H groups in total. The summed E-state index contributed by atoms with van der Waals surface area (Å²) in [6.45, 7) is 1.56. The summed E-state index contributed by atoms with van der Waals surface area (Å²) >= 11 is 0. The molecule has 0 saturated heterocycles. The molecule has 0 fully saturated rings. The van der Waals surface area contributed by atoms with E-state index >= 15 is 0 Å². The van der Waals surface area contributed by atoms with Gasteiger partial charge in [0.2, 0.25) is 0 Å². The third-order valence-corrected chi connectivity index (χ3v) is 2.18. The van der Waals surface area contributed by atoms with Crippen LogP contribution in [-0.4, -0.2) is 35.5 Å². The van der Waals surface area contributed by atoms with Crippen molar-refractivity contribution in [2.45, 2.75) is 13.5 Å². The summed E-state index contributed by atoms with van der Waals surface area (Å²) in [7, 11) is 0. The molecule has 0 bridgehead atoms. The van der Waals surface area contributed by atoms with Gasteiger partial charge in [0.05, 0.1) is 13.2 Å². The molecular formula is C13H14N2O4. The number of ether oxygens (including phenoxy) is 2. The second-order valence-electron chi connectivity index (χ2n) is 3.57. The predicted molar refractivity (Wildman–Crippen MR) is 66.4 cm³/mol. The highest BCUT2D eigenvalue weighted by atomic mass is 16.5. The Labute approximate surface area is 110 Å². The highest BCUT2D eigenvalue weighted by molar-refractivity contribution is 6.62. The second-order valence-corrected chi connectivity index (χ2v) is 3.57. The van der Waals surface area contributed by atoms with E-state index in [9.17, 15) is 9.59 Å². The Morgan fingerprint density at radius 1 is 1.26 bits per heavy atom. The fourth-order valence-corrected chi connectivity index (χ4v) is 1.31. The summed E-state index contributed by atoms with van der Waals surface area (Å²) in [5, 5.41) is 0. The van der Waals surface area contributed by atoms with Crippen LogP contribution in [0.4, 0.5) is 0 Å². The summed E-state index contributed by atoms with van der Waals surface area (Å²) < 4.78 is 9.72. The van der Waals surface area contributed by atoms with Gasteiger partial charge in [-0.15, -0.1) is 0 Å². The van der Waals surface area contributed by atoms with E-state index in [-0.39, 0.29) is 19.8 Å². The minimum atomic E-state index is -0.960. The van der Waals surface area contributed by atoms with Gasteiger partial charge in [-0.1, -0.05) is 30.3 Å². The van der Waals surface area contributed by atoms with E-state index in [0.29, 0.717) is 0 Å². The molecule has 1 rings (SSSR count). The Morgan fingerprint density at radius 3 is 2.53 bits per heavy atom. The Balaban J connectivity index is 2.46. The molecule has 0 heterocycles. The van der Waals surface area contributed by atoms with Crippen LogP contribution in [0.5, 0.6) is 0 Å². The van der Waals surface area contributed by atoms with Crippen LogP contribution in [0.2, 0.25) is 0 Å². The Bertz CT molecular complexity index is 493. The van der Waals surface area contributed by atoms with Gasteiger partial charge in [0.25, 0.3) is 5.78 Å². The number of benzene rings is 1. The number of nitrogens with zero attached hydrogens (tertiary/aromatic N) is 2. The van der Waals surface area contributed by atoms with Crippen molar-refractivity contribution in [1.29, 1.82) is 0 Å². The Morgan fingerprint density at radius 2 is 1.95 bits per heavy atom. The SMILES string of the molecule is CCOC(=O)C(=[N+]=[N-])C(=O)COCc1ccccc1. The van der Waals surface area contributed by atoms with Crippen LogP contribution in [0.25, 0.3) is 5.53 Å². The number of rotatable bonds is 7. The van der Waals surface area contributed by atoms with Gasteiger partial charge in [0.1, 0.15) is 6.61 Å². The molecule has 0 saturated carbocycles. The van der Waals surface area contributed by atoms with E-state index < -0.39 is 17.5 Å². The lowest BCUT2D eigenvalue weighted by Crippen LogP contribution is -2.30. The summed E-state index contributed by atoms with van der Waals surface area (Å²) in [5.74, 6) is -1.69. The molecule has 0 spiro atoms. The van der Waals surface area contributed by atoms with Crippen molar-refractivity contribution >= 4 is 17.5 Å². The molecule has 0 radical (unpaired) electrons. The molecule has 19 heavy (non-hydrogen) atoms. The molecule has 0 aromatic heterocycles. The van der Waals surface area contributed by atoms with Crippen molar-refractivity contribution in [1.82, 2.24) is 0 Å². The van der Waals surface area contributed by atoms with E-state index in [1.807, 2.05) is 30.3 Å². The first-order valence-electron chi connectivity index (χ1n) is 5.73. The zero-order valence-corrected chi connectivity index (χ0v) is 10.5. The number of ketones is 1. The van der Waals surface area contributed by atoms with Crippen LogP contribution >= 0.6 is 0 Å². The van der Waals surface area contributed by atoms with E-state index in [0.717, 1.165) is 5.56 Å². The van der Waals surface area contributed by atoms with Gasteiger partial charge in [-0.05, 0) is 12.5 Å². The van der Waals surface area contributed by atoms with Gasteiger partial charge in [-0.25, -0.2) is 4.79 Å². The topological polar surface area (TPSA) is 89.0 Å². The molecule has 6 heteroatoms. The maximum absolute atomic E-state index is 11.6. The van der Waals surface area contributed by atoms with Crippen LogP contribution in [0.15, 0.2) is 30.3 Å². The lowest BCUT2D eigenvalue weighted by molar-refractivity contribution is -0.142. The quantitative estimate of drug-likeness (QED) is 0.241. The number of esters is 1. The van der Waals surface area contributed by atoms with Crippen LogP contribution in [0, 0.1) is 0 Å². The van der Waals surface area contributed by atoms with Crippen LogP contribution in [0.3, 0.4) is 0 Å². The third-order valence-electron chi connectivity index (χ3n) is 2.18. The van der Waals surface area contributed by atoms with Crippen LogP contribution in [0.1, 0.15) is 12.5 Å². The third kappa shape index (κ3) is 4.83. The minimum absolute atomic E-state index is 0.0933. The van der Waals surface area contributed by atoms with Crippen LogP contribution < -0.4 is 0 Å². The lowest BCUT2D eigenvalue weighted by Gasteiger charge is -2.01. The number of carbonyl (C=O) groups excluding carboxylic acids is 2. The Hall–Kier alpha value is -2.30. The summed E-state index contributed by atoms with van der Waals surface area (Å²) in [6.07, 6.45) is 0. The van der Waals surface area contributed by atoms with Crippen molar-refractivity contribution in [2.75, 3.05) is 13.2 Å². The highest BCUT2D eigenvalue weighted by Gasteiger charge is 2.30. The molecule has 0 aliphatic heterocycles. The fraction of sp³-hybridized carbons (Fsp3) is 0.308. The normalized spacial score (nSPS) is 9.53. The van der Waals surface area contributed by atoms with Gasteiger partial charge in [-0.2, -0.15) is 4.79 Å². The van der Waals surface area contributed by atoms with Gasteiger partial charge in [0, 0.05) is 0 Å². The molecular weight excluding hydrogens is 248 g/mol. The highest BCUT2D eigenvalue weighted by Crippen LogP contribution is 2.00. The molecule has 0 aliphatic carbocycles. The number of hydrogen-bond donors (Lipinski definition) is 0. The largest absolute Gasteiger partial charge is 0.457 e. The van der Waals surface area contributed by atoms with Gasteiger partial charge in [-0.3, -0.25) is 4.79 Å². The Kier molecular flexibility index (Phi) is 6.15. The molecule has 0 aliphatic rings. The molecule has 0 amide bonds. The lowest BCUT2D eigenvalue weighted by atomic mass is 10.2. The molecule has 0 unspecified atom stereocenters. The smallest absolute Gasteiger partial charge is 0.443 e. The number of Topliss-reactive ketones (excluding diaryl/α,β-unsaturated/α-hetero) is 1. The average Bonchev–Trinajstić information content (AvgIpc) is 2.41. The van der Waals surface area contributed by atoms with Crippen molar-refractivity contribution in [3.05, 3.63) is 41.4 Å². The zero-order chi connectivity index (χ0) is 14.1. The van der Waals surface area contributed by atoms with E-state index in [2.05, 4.69) is 9.53 Å². The van der Waals surface area contributed by atoms with Gasteiger partial charge >= 0.3 is 11.7 Å². The molecule has 6 nitrogen and oxygen atoms in total. The zero-order valence-electron chi connectivity index (χ0n) is 10.5. The minimum Gasteiger partial charge on any atom is -0.457 e. The average molecular weight is 262 g/mol. The standard InChI is InChI=1S/C13H14N2O4/c1-2-19-13(17)12(15-14)11(16)9-18-8-10-6-4-3-5-7-10/h3-7H,2,8-9H2,1H3. The molecule has 1 aromatic rings. The first kappa shape index (κ1) is 14.8. The predicted octanol–water partition coefficient (Wildman–Crippen LogP) is 1.01. The van der Waals surface area contributed by atoms with Crippen molar-refractivity contribution in [3.8, 4) is 0 Å². The van der Waals surface area contributed by atoms with E-state index in [4.69, 9.17) is 10.3 Å². The summed E-state index contributed by atoms with van der Waals surface area (Å²) in [6, 6.07) is 9.25. The summed E-state index contributed by atoms with van der Waals surface area (Å²) in [5.41, 5.74) is 8.86. The molecule has 100 valence electrons. The van der Waals surface area contributed by atoms with Crippen molar-refractivity contribution < 1.29 is 23.9 Å². The fourth-order valence-electron chi connectivity index (χ4n) is 1.31. The van der Waals surface area contributed by atoms with Crippen LogP contribution in [-0.2, 0) is 25.7 Å². The number of carbonyl (C=O) groups is 2. The second kappa shape index (κ2) is 7.92. The first-order chi connectivity index (χ1) is 9.19. The summed E-state index contributed by atoms with van der Waals surface area (Å²) in [4.78, 5) is 25.5. The van der Waals surface area contributed by atoms with Crippen molar-refractivity contribution in [2.24, 2.45) is 0 Å².